The van der Waals surface area contributed by atoms with Gasteiger partial charge in [0.15, 0.2) is 5.75 Å². The first-order valence-corrected chi connectivity index (χ1v) is 4.91. The minimum atomic E-state index is -5.37. The van der Waals surface area contributed by atoms with Crippen molar-refractivity contribution >= 4 is 17.6 Å². The van der Waals surface area contributed by atoms with Crippen LogP contribution in [0.3, 0.4) is 0 Å². The van der Waals surface area contributed by atoms with Gasteiger partial charge in [0, 0.05) is 0 Å². The highest BCUT2D eigenvalue weighted by atomic mass is 19.4. The summed E-state index contributed by atoms with van der Waals surface area (Å²) in [5, 5.41) is 9.74. The van der Waals surface area contributed by atoms with Gasteiger partial charge in [-0.1, -0.05) is 0 Å². The number of carbonyl (C=O) groups is 2. The largest absolute Gasteiger partial charge is 0.573 e. The SMILES string of the molecule is O=C(O)c1ccc(OC(F)(F)F)c(NC(=O)C(F)(F)F)c1. The zero-order chi connectivity index (χ0) is 16.4. The van der Waals surface area contributed by atoms with Gasteiger partial charge in [0.2, 0.25) is 0 Å². The lowest BCUT2D eigenvalue weighted by Crippen LogP contribution is -2.30. The highest BCUT2D eigenvalue weighted by Crippen LogP contribution is 2.32. The maximum atomic E-state index is 12.1. The van der Waals surface area contributed by atoms with E-state index in [1.807, 2.05) is 0 Å². The molecule has 0 atom stereocenters. The zero-order valence-corrected chi connectivity index (χ0v) is 9.67. The Morgan fingerprint density at radius 1 is 1.10 bits per heavy atom. The molecule has 1 aromatic rings. The van der Waals surface area contributed by atoms with Crippen molar-refractivity contribution in [2.75, 3.05) is 5.32 Å². The van der Waals surface area contributed by atoms with Crippen molar-refractivity contribution in [3.05, 3.63) is 23.8 Å². The summed E-state index contributed by atoms with van der Waals surface area (Å²) >= 11 is 0. The number of rotatable bonds is 3. The molecule has 2 N–H and O–H groups in total. The van der Waals surface area contributed by atoms with E-state index in [-0.39, 0.29) is 0 Å². The average molecular weight is 317 g/mol. The highest BCUT2D eigenvalue weighted by Gasteiger charge is 2.40. The first-order chi connectivity index (χ1) is 9.40. The second kappa shape index (κ2) is 5.50. The van der Waals surface area contributed by atoms with Gasteiger partial charge in [-0.3, -0.25) is 4.79 Å². The van der Waals surface area contributed by atoms with Gasteiger partial charge in [0.05, 0.1) is 11.3 Å². The lowest BCUT2D eigenvalue weighted by molar-refractivity contribution is -0.274. The molecule has 0 saturated carbocycles. The van der Waals surface area contributed by atoms with Crippen molar-refractivity contribution < 1.29 is 45.8 Å². The number of aromatic carboxylic acids is 1. The lowest BCUT2D eigenvalue weighted by atomic mass is 10.2. The Morgan fingerprint density at radius 2 is 1.67 bits per heavy atom. The summed E-state index contributed by atoms with van der Waals surface area (Å²) in [6.07, 6.45) is -10.6. The molecule has 0 aliphatic heterocycles. The van der Waals surface area contributed by atoms with Crippen LogP contribution in [0.4, 0.5) is 32.0 Å². The molecular formula is C10H5F6NO4. The molecule has 0 fully saturated rings. The Balaban J connectivity index is 3.20. The molecule has 0 aliphatic rings. The van der Waals surface area contributed by atoms with Crippen LogP contribution in [0, 0.1) is 0 Å². The smallest absolute Gasteiger partial charge is 0.478 e. The number of alkyl halides is 6. The van der Waals surface area contributed by atoms with E-state index < -0.39 is 41.4 Å². The van der Waals surface area contributed by atoms with E-state index in [1.165, 1.54) is 0 Å². The van der Waals surface area contributed by atoms with Crippen LogP contribution in [0.5, 0.6) is 5.75 Å². The van der Waals surface area contributed by atoms with Gasteiger partial charge in [0.1, 0.15) is 0 Å². The molecule has 0 unspecified atom stereocenters. The zero-order valence-electron chi connectivity index (χ0n) is 9.67. The summed E-state index contributed by atoms with van der Waals surface area (Å²) in [6, 6.07) is 1.56. The molecule has 11 heteroatoms. The van der Waals surface area contributed by atoms with Crippen LogP contribution in [0.25, 0.3) is 0 Å². The summed E-state index contributed by atoms with van der Waals surface area (Å²) in [5.41, 5.74) is -1.71. The van der Waals surface area contributed by atoms with E-state index in [9.17, 15) is 35.9 Å². The van der Waals surface area contributed by atoms with E-state index in [0.717, 1.165) is 5.32 Å². The number of halogens is 6. The van der Waals surface area contributed by atoms with E-state index >= 15 is 0 Å². The molecule has 1 rings (SSSR count). The number of hydrogen-bond acceptors (Lipinski definition) is 3. The van der Waals surface area contributed by atoms with Gasteiger partial charge in [-0.15, -0.1) is 13.2 Å². The van der Waals surface area contributed by atoms with Crippen molar-refractivity contribution in [2.45, 2.75) is 12.5 Å². The average Bonchev–Trinajstić information content (AvgIpc) is 2.27. The second-order valence-corrected chi connectivity index (χ2v) is 3.52. The molecule has 0 bridgehead atoms. The number of carbonyl (C=O) groups excluding carboxylic acids is 1. The van der Waals surface area contributed by atoms with Gasteiger partial charge in [-0.2, -0.15) is 13.2 Å². The van der Waals surface area contributed by atoms with Crippen LogP contribution in [-0.2, 0) is 4.79 Å². The summed E-state index contributed by atoms with van der Waals surface area (Å²) in [5.74, 6) is -5.36. The number of nitrogens with one attached hydrogen (secondary N) is 1. The van der Waals surface area contributed by atoms with E-state index in [0.29, 0.717) is 18.2 Å². The van der Waals surface area contributed by atoms with Crippen LogP contribution in [0.15, 0.2) is 18.2 Å². The topological polar surface area (TPSA) is 75.6 Å². The van der Waals surface area contributed by atoms with Crippen LogP contribution in [0.1, 0.15) is 10.4 Å². The molecule has 0 radical (unpaired) electrons. The van der Waals surface area contributed by atoms with Crippen molar-refractivity contribution in [1.82, 2.24) is 0 Å². The number of amides is 1. The first kappa shape index (κ1) is 16.6. The van der Waals surface area contributed by atoms with Crippen molar-refractivity contribution in [3.63, 3.8) is 0 Å². The number of carboxylic acid groups (broad SMARTS) is 1. The van der Waals surface area contributed by atoms with Crippen LogP contribution < -0.4 is 10.1 Å². The minimum absolute atomic E-state index is 0.410. The third-order valence-electron chi connectivity index (χ3n) is 1.96. The maximum absolute atomic E-state index is 12.1. The summed E-state index contributed by atoms with van der Waals surface area (Å²) in [4.78, 5) is 21.3. The first-order valence-electron chi connectivity index (χ1n) is 4.91. The maximum Gasteiger partial charge on any atom is 0.573 e. The molecule has 116 valence electrons. The molecule has 0 aromatic heterocycles. The van der Waals surface area contributed by atoms with Crippen LogP contribution in [0.2, 0.25) is 0 Å². The fraction of sp³-hybridized carbons (Fsp3) is 0.200. The van der Waals surface area contributed by atoms with Crippen molar-refractivity contribution in [3.8, 4) is 5.75 Å². The van der Waals surface area contributed by atoms with Crippen molar-refractivity contribution in [1.29, 1.82) is 0 Å². The number of carboxylic acids is 1. The van der Waals surface area contributed by atoms with Gasteiger partial charge < -0.3 is 15.2 Å². The van der Waals surface area contributed by atoms with E-state index in [4.69, 9.17) is 5.11 Å². The van der Waals surface area contributed by atoms with Crippen molar-refractivity contribution in [2.24, 2.45) is 0 Å². The second-order valence-electron chi connectivity index (χ2n) is 3.52. The minimum Gasteiger partial charge on any atom is -0.478 e. The van der Waals surface area contributed by atoms with Gasteiger partial charge >= 0.3 is 24.4 Å². The summed E-state index contributed by atoms with van der Waals surface area (Å²) in [7, 11) is 0. The van der Waals surface area contributed by atoms with Gasteiger partial charge in [-0.05, 0) is 18.2 Å². The predicted molar refractivity (Wildman–Crippen MR) is 54.8 cm³/mol. The summed E-state index contributed by atoms with van der Waals surface area (Å²) < 4.78 is 75.9. The monoisotopic (exact) mass is 317 g/mol. The molecule has 0 aliphatic carbocycles. The van der Waals surface area contributed by atoms with Gasteiger partial charge in [0.25, 0.3) is 0 Å². The Hall–Kier alpha value is -2.46. The summed E-state index contributed by atoms with van der Waals surface area (Å²) in [6.45, 7) is 0. The predicted octanol–water partition coefficient (Wildman–Crippen LogP) is 2.78. The molecule has 0 spiro atoms. The quantitative estimate of drug-likeness (QED) is 0.841. The molecule has 5 nitrogen and oxygen atoms in total. The lowest BCUT2D eigenvalue weighted by Gasteiger charge is -2.15. The fourth-order valence-electron chi connectivity index (χ4n) is 1.17. The normalized spacial score (nSPS) is 11.9. The third kappa shape index (κ3) is 4.85. The molecule has 21 heavy (non-hydrogen) atoms. The Kier molecular flexibility index (Phi) is 4.35. The van der Waals surface area contributed by atoms with Gasteiger partial charge in [-0.25, -0.2) is 4.79 Å². The number of ether oxygens (including phenoxy) is 1. The molecule has 0 heterocycles. The number of hydrogen-bond donors (Lipinski definition) is 2. The highest BCUT2D eigenvalue weighted by molar-refractivity contribution is 5.98. The van der Waals surface area contributed by atoms with Crippen LogP contribution in [-0.4, -0.2) is 29.5 Å². The molecule has 1 amide bonds. The van der Waals surface area contributed by atoms with E-state index in [2.05, 4.69) is 4.74 Å². The van der Waals surface area contributed by atoms with Crippen LogP contribution >= 0.6 is 0 Å². The number of benzene rings is 1. The standard InChI is InChI=1S/C10H5F6NO4/c11-9(12,13)8(20)17-5-3-4(7(18)19)1-2-6(5)21-10(14,15)16/h1-3H,(H,17,20)(H,18,19). The third-order valence-corrected chi connectivity index (χ3v) is 1.96. The molecule has 0 saturated heterocycles. The fourth-order valence-corrected chi connectivity index (χ4v) is 1.17. The molecular weight excluding hydrogens is 312 g/mol. The Labute approximate surface area is 112 Å². The van der Waals surface area contributed by atoms with E-state index in [1.54, 1.807) is 0 Å². The Morgan fingerprint density at radius 3 is 2.10 bits per heavy atom. The molecule has 1 aromatic carbocycles. The number of anilines is 1. The Bertz CT molecular complexity index is 566.